The van der Waals surface area contributed by atoms with Crippen molar-refractivity contribution >= 4 is 28.7 Å². The summed E-state index contributed by atoms with van der Waals surface area (Å²) in [5.41, 5.74) is -2.48. The van der Waals surface area contributed by atoms with E-state index in [0.29, 0.717) is 25.1 Å². The molecule has 35 heavy (non-hydrogen) atoms. The lowest BCUT2D eigenvalue weighted by atomic mass is 9.90. The summed E-state index contributed by atoms with van der Waals surface area (Å²) in [6, 6.07) is 6.99. The summed E-state index contributed by atoms with van der Waals surface area (Å²) in [5.74, 6) is 0. The van der Waals surface area contributed by atoms with Crippen LogP contribution in [-0.4, -0.2) is 22.1 Å². The number of nitro groups is 1. The average Bonchev–Trinajstić information content (AvgIpc) is 2.77. The molecule has 3 N–H and O–H groups in total. The van der Waals surface area contributed by atoms with E-state index in [0.717, 1.165) is 24.8 Å². The fourth-order valence-electron chi connectivity index (χ4n) is 3.90. The second-order valence-electron chi connectivity index (χ2n) is 8.19. The molecular weight excluding hydrogens is 498 g/mol. The van der Waals surface area contributed by atoms with Gasteiger partial charge >= 0.3 is 12.4 Å². The van der Waals surface area contributed by atoms with Gasteiger partial charge in [0.05, 0.1) is 16.1 Å². The minimum atomic E-state index is -4.96. The summed E-state index contributed by atoms with van der Waals surface area (Å²) in [6.07, 6.45) is -6.65. The molecule has 1 aliphatic carbocycles. The largest absolute Gasteiger partial charge is 0.416 e. The molecule has 0 heterocycles. The third kappa shape index (κ3) is 7.52. The van der Waals surface area contributed by atoms with Gasteiger partial charge in [-0.25, -0.2) is 0 Å². The van der Waals surface area contributed by atoms with Crippen LogP contribution in [0, 0.1) is 10.1 Å². The number of hydrogen-bond donors (Lipinski definition) is 3. The summed E-state index contributed by atoms with van der Waals surface area (Å²) in [5, 5.41) is 19.5. The van der Waals surface area contributed by atoms with E-state index in [-0.39, 0.29) is 28.9 Å². The van der Waals surface area contributed by atoms with E-state index in [2.05, 4.69) is 16.0 Å². The Balaban J connectivity index is 1.66. The molecular formula is C22H22F6N4O2S. The average molecular weight is 520 g/mol. The van der Waals surface area contributed by atoms with Crippen LogP contribution in [0.15, 0.2) is 42.5 Å². The Kier molecular flexibility index (Phi) is 8.21. The molecule has 6 nitrogen and oxygen atoms in total. The van der Waals surface area contributed by atoms with E-state index in [4.69, 9.17) is 12.2 Å². The Bertz CT molecular complexity index is 1030. The van der Waals surface area contributed by atoms with E-state index >= 15 is 0 Å². The summed E-state index contributed by atoms with van der Waals surface area (Å²) in [4.78, 5) is 10.3. The van der Waals surface area contributed by atoms with Crippen LogP contribution in [0.25, 0.3) is 0 Å². The molecule has 0 aliphatic heterocycles. The second kappa shape index (κ2) is 10.8. The molecule has 0 bridgehead atoms. The smallest absolute Gasteiger partial charge is 0.358 e. The van der Waals surface area contributed by atoms with Gasteiger partial charge < -0.3 is 16.0 Å². The molecule has 0 saturated heterocycles. The number of alkyl halides is 6. The van der Waals surface area contributed by atoms with E-state index in [1.807, 2.05) is 0 Å². The number of nitrogens with one attached hydrogen (secondary N) is 3. The van der Waals surface area contributed by atoms with Gasteiger partial charge in [0, 0.05) is 36.4 Å². The maximum atomic E-state index is 13.1. The van der Waals surface area contributed by atoms with Crippen LogP contribution in [0.3, 0.4) is 0 Å². The fraction of sp³-hybridized carbons (Fsp3) is 0.409. The molecule has 2 aromatic carbocycles. The quantitative estimate of drug-likeness (QED) is 0.187. The van der Waals surface area contributed by atoms with Crippen molar-refractivity contribution in [3.8, 4) is 0 Å². The molecule has 1 aliphatic rings. The fourth-order valence-corrected chi connectivity index (χ4v) is 4.16. The molecule has 2 aromatic rings. The van der Waals surface area contributed by atoms with Gasteiger partial charge in [0.25, 0.3) is 5.69 Å². The molecule has 1 fully saturated rings. The van der Waals surface area contributed by atoms with Crippen molar-refractivity contribution in [1.82, 2.24) is 10.6 Å². The van der Waals surface area contributed by atoms with Crippen molar-refractivity contribution in [2.45, 2.75) is 56.7 Å². The number of benzene rings is 2. The molecule has 2 atom stereocenters. The van der Waals surface area contributed by atoms with Gasteiger partial charge in [0.15, 0.2) is 5.11 Å². The van der Waals surface area contributed by atoms with Crippen LogP contribution in [0.2, 0.25) is 0 Å². The zero-order valence-electron chi connectivity index (χ0n) is 18.2. The first-order valence-electron chi connectivity index (χ1n) is 10.7. The predicted molar refractivity (Wildman–Crippen MR) is 122 cm³/mol. The number of halogens is 6. The first-order chi connectivity index (χ1) is 16.3. The maximum Gasteiger partial charge on any atom is 0.416 e. The highest BCUT2D eigenvalue weighted by molar-refractivity contribution is 7.80. The molecule has 1 saturated carbocycles. The van der Waals surface area contributed by atoms with E-state index in [9.17, 15) is 36.5 Å². The molecule has 0 spiro atoms. The molecule has 13 heteroatoms. The first-order valence-corrected chi connectivity index (χ1v) is 11.1. The third-order valence-electron chi connectivity index (χ3n) is 5.64. The number of nitro benzene ring substituents is 1. The van der Waals surface area contributed by atoms with Crippen LogP contribution < -0.4 is 16.0 Å². The molecule has 190 valence electrons. The van der Waals surface area contributed by atoms with Crippen molar-refractivity contribution in [2.75, 3.05) is 5.32 Å². The van der Waals surface area contributed by atoms with Crippen molar-refractivity contribution < 1.29 is 31.3 Å². The van der Waals surface area contributed by atoms with Gasteiger partial charge in [0.1, 0.15) is 0 Å². The minimum absolute atomic E-state index is 0.0225. The second-order valence-corrected chi connectivity index (χ2v) is 8.60. The van der Waals surface area contributed by atoms with Gasteiger partial charge in [0.2, 0.25) is 0 Å². The number of hydrogen-bond acceptors (Lipinski definition) is 4. The number of nitrogens with zero attached hydrogens (tertiary/aromatic N) is 1. The molecule has 0 radical (unpaired) electrons. The van der Waals surface area contributed by atoms with Crippen LogP contribution in [-0.2, 0) is 18.9 Å². The third-order valence-corrected chi connectivity index (χ3v) is 5.86. The Morgan fingerprint density at radius 1 is 0.943 bits per heavy atom. The summed E-state index contributed by atoms with van der Waals surface area (Å²) < 4.78 is 78.6. The standard InChI is InChI=1S/C22H22F6N4O2S/c23-21(24,25)14-9-15(22(26,27)28)11-16(10-14)30-20(35)31-19-4-2-1-3-18(19)29-12-13-5-7-17(8-6-13)32(33)34/h5-11,18-19,29H,1-4,12H2,(H2,30,31,35)/t18-,19-/m1/s1. The number of thiocarbonyl (C=S) groups is 1. The summed E-state index contributed by atoms with van der Waals surface area (Å²) in [6.45, 7) is 0.420. The maximum absolute atomic E-state index is 13.1. The number of non-ortho nitro benzene ring substituents is 1. The number of anilines is 1. The molecule has 0 amide bonds. The van der Waals surface area contributed by atoms with Crippen molar-refractivity contribution in [1.29, 1.82) is 0 Å². The zero-order valence-corrected chi connectivity index (χ0v) is 19.0. The van der Waals surface area contributed by atoms with Gasteiger partial charge in [-0.2, -0.15) is 26.3 Å². The van der Waals surface area contributed by atoms with Crippen LogP contribution >= 0.6 is 12.2 Å². The van der Waals surface area contributed by atoms with Crippen LogP contribution in [0.5, 0.6) is 0 Å². The van der Waals surface area contributed by atoms with Crippen LogP contribution in [0.1, 0.15) is 42.4 Å². The Labute approximate surface area is 202 Å². The minimum Gasteiger partial charge on any atom is -0.358 e. The Morgan fingerprint density at radius 2 is 1.49 bits per heavy atom. The Morgan fingerprint density at radius 3 is 2.00 bits per heavy atom. The lowest BCUT2D eigenvalue weighted by molar-refractivity contribution is -0.384. The lowest BCUT2D eigenvalue weighted by Crippen LogP contribution is -2.52. The summed E-state index contributed by atoms with van der Waals surface area (Å²) in [7, 11) is 0. The monoisotopic (exact) mass is 520 g/mol. The molecule has 3 rings (SSSR count). The van der Waals surface area contributed by atoms with Crippen molar-refractivity contribution in [3.63, 3.8) is 0 Å². The zero-order chi connectivity index (χ0) is 25.8. The first kappa shape index (κ1) is 26.7. The van der Waals surface area contributed by atoms with Gasteiger partial charge in [-0.1, -0.05) is 25.0 Å². The van der Waals surface area contributed by atoms with E-state index < -0.39 is 34.1 Å². The predicted octanol–water partition coefficient (Wildman–Crippen LogP) is 6.02. The van der Waals surface area contributed by atoms with Crippen molar-refractivity contribution in [3.05, 3.63) is 69.3 Å². The number of rotatable bonds is 6. The van der Waals surface area contributed by atoms with Gasteiger partial charge in [-0.05, 0) is 48.8 Å². The SMILES string of the molecule is O=[N+]([O-])c1ccc(CN[C@@H]2CCCC[C@H]2NC(=S)Nc2cc(C(F)(F)F)cc(C(F)(F)F)c2)cc1. The highest BCUT2D eigenvalue weighted by Crippen LogP contribution is 2.37. The lowest BCUT2D eigenvalue weighted by Gasteiger charge is -2.34. The topological polar surface area (TPSA) is 79.2 Å². The molecule has 0 unspecified atom stereocenters. The van der Waals surface area contributed by atoms with Gasteiger partial charge in [-0.15, -0.1) is 0 Å². The van der Waals surface area contributed by atoms with Crippen molar-refractivity contribution in [2.24, 2.45) is 0 Å². The normalized spacial score (nSPS) is 18.7. The van der Waals surface area contributed by atoms with E-state index in [1.54, 1.807) is 12.1 Å². The highest BCUT2D eigenvalue weighted by Gasteiger charge is 2.37. The summed E-state index contributed by atoms with van der Waals surface area (Å²) >= 11 is 5.18. The molecule has 0 aromatic heterocycles. The Hall–Kier alpha value is -2.93. The highest BCUT2D eigenvalue weighted by atomic mass is 32.1. The van der Waals surface area contributed by atoms with Crippen LogP contribution in [0.4, 0.5) is 37.7 Å². The van der Waals surface area contributed by atoms with Gasteiger partial charge in [-0.3, -0.25) is 10.1 Å². The van der Waals surface area contributed by atoms with E-state index in [1.165, 1.54) is 12.1 Å².